The highest BCUT2D eigenvalue weighted by Gasteiger charge is 2.37. The first-order valence-electron chi connectivity index (χ1n) is 10.1. The largest absolute Gasteiger partial charge is 0.489 e. The molecule has 0 aliphatic carbocycles. The lowest BCUT2D eigenvalue weighted by atomic mass is 9.93. The monoisotopic (exact) mass is 406 g/mol. The Bertz CT molecular complexity index is 959. The summed E-state index contributed by atoms with van der Waals surface area (Å²) in [5, 5.41) is 29.9. The average Bonchev–Trinajstić information content (AvgIpc) is 2.80. The van der Waals surface area contributed by atoms with Crippen LogP contribution in [0.25, 0.3) is 11.1 Å². The molecule has 0 radical (unpaired) electrons. The number of aliphatic hydroxyl groups is 3. The van der Waals surface area contributed by atoms with Crippen LogP contribution >= 0.6 is 0 Å². The van der Waals surface area contributed by atoms with E-state index in [1.807, 2.05) is 60.7 Å². The van der Waals surface area contributed by atoms with Gasteiger partial charge in [0.25, 0.3) is 0 Å². The Morgan fingerprint density at radius 3 is 2.47 bits per heavy atom. The fraction of sp³-hybridized carbons (Fsp3) is 0.280. The van der Waals surface area contributed by atoms with Gasteiger partial charge in [-0.1, -0.05) is 66.7 Å². The van der Waals surface area contributed by atoms with Gasteiger partial charge in [0, 0.05) is 6.42 Å². The van der Waals surface area contributed by atoms with Gasteiger partial charge in [0.1, 0.15) is 24.6 Å². The summed E-state index contributed by atoms with van der Waals surface area (Å²) >= 11 is 0. The highest BCUT2D eigenvalue weighted by Crippen LogP contribution is 2.33. The number of ether oxygens (including phenoxy) is 2. The zero-order valence-corrected chi connectivity index (χ0v) is 16.6. The fourth-order valence-corrected chi connectivity index (χ4v) is 3.84. The van der Waals surface area contributed by atoms with Crippen LogP contribution < -0.4 is 4.74 Å². The van der Waals surface area contributed by atoms with Crippen molar-refractivity contribution >= 4 is 0 Å². The van der Waals surface area contributed by atoms with Crippen LogP contribution in [0.15, 0.2) is 78.9 Å². The molecule has 4 rings (SSSR count). The zero-order valence-electron chi connectivity index (χ0n) is 16.6. The first-order chi connectivity index (χ1) is 14.7. The first kappa shape index (κ1) is 20.6. The van der Waals surface area contributed by atoms with Crippen LogP contribution in [-0.2, 0) is 11.3 Å². The molecule has 4 atom stereocenters. The summed E-state index contributed by atoms with van der Waals surface area (Å²) in [6.07, 6.45) is -3.01. The van der Waals surface area contributed by atoms with Crippen LogP contribution in [0.4, 0.5) is 0 Å². The van der Waals surface area contributed by atoms with Crippen molar-refractivity contribution in [3.05, 3.63) is 90.0 Å². The smallest absolute Gasteiger partial charge is 0.120 e. The van der Waals surface area contributed by atoms with Gasteiger partial charge < -0.3 is 24.8 Å². The van der Waals surface area contributed by atoms with Crippen molar-refractivity contribution in [3.63, 3.8) is 0 Å². The van der Waals surface area contributed by atoms with Gasteiger partial charge in [0.15, 0.2) is 0 Å². The Kier molecular flexibility index (Phi) is 6.45. The second-order valence-electron chi connectivity index (χ2n) is 7.54. The Labute approximate surface area is 176 Å². The van der Waals surface area contributed by atoms with Crippen molar-refractivity contribution < 1.29 is 24.8 Å². The third-order valence-electron chi connectivity index (χ3n) is 5.43. The molecule has 0 bridgehead atoms. The lowest BCUT2D eigenvalue weighted by molar-refractivity contribution is -0.179. The molecule has 3 unspecified atom stereocenters. The summed E-state index contributed by atoms with van der Waals surface area (Å²) in [5.74, 6) is 0.645. The summed E-state index contributed by atoms with van der Waals surface area (Å²) in [5.41, 5.74) is 4.02. The molecule has 5 nitrogen and oxygen atoms in total. The zero-order chi connectivity index (χ0) is 20.9. The summed E-state index contributed by atoms with van der Waals surface area (Å²) in [6.45, 7) is 0.192. The summed E-state index contributed by atoms with van der Waals surface area (Å²) in [4.78, 5) is 0. The van der Waals surface area contributed by atoms with E-state index in [1.165, 1.54) is 0 Å². The predicted molar refractivity (Wildman–Crippen MR) is 114 cm³/mol. The van der Waals surface area contributed by atoms with Gasteiger partial charge in [-0.25, -0.2) is 0 Å². The predicted octanol–water partition coefficient (Wildman–Crippen LogP) is 3.48. The number of aliphatic hydroxyl groups excluding tert-OH is 3. The highest BCUT2D eigenvalue weighted by molar-refractivity contribution is 5.67. The van der Waals surface area contributed by atoms with Gasteiger partial charge in [-0.05, 0) is 34.4 Å². The van der Waals surface area contributed by atoms with Crippen molar-refractivity contribution in [2.24, 2.45) is 0 Å². The van der Waals surface area contributed by atoms with E-state index in [0.717, 1.165) is 16.7 Å². The molecule has 1 aliphatic heterocycles. The molecule has 1 aliphatic rings. The maximum absolute atomic E-state index is 10.4. The summed E-state index contributed by atoms with van der Waals surface area (Å²) in [7, 11) is 0. The van der Waals surface area contributed by atoms with E-state index in [4.69, 9.17) is 9.47 Å². The van der Waals surface area contributed by atoms with Gasteiger partial charge in [-0.15, -0.1) is 0 Å². The van der Waals surface area contributed by atoms with Crippen molar-refractivity contribution in [3.8, 4) is 16.9 Å². The van der Waals surface area contributed by atoms with Crippen molar-refractivity contribution in [1.82, 2.24) is 0 Å². The van der Waals surface area contributed by atoms with E-state index in [-0.39, 0.29) is 13.0 Å². The van der Waals surface area contributed by atoms with Crippen molar-refractivity contribution in [2.45, 2.75) is 37.4 Å². The Balaban J connectivity index is 1.51. The normalized spacial score (nSPS) is 23.8. The average molecular weight is 406 g/mol. The summed E-state index contributed by atoms with van der Waals surface area (Å²) in [6, 6.07) is 25.6. The third-order valence-corrected chi connectivity index (χ3v) is 5.43. The van der Waals surface area contributed by atoms with E-state index in [9.17, 15) is 15.3 Å². The minimum atomic E-state index is -1.05. The van der Waals surface area contributed by atoms with Crippen LogP contribution in [0.5, 0.6) is 5.75 Å². The number of rotatable bonds is 6. The molecule has 5 heteroatoms. The molecule has 0 amide bonds. The molecule has 1 fully saturated rings. The van der Waals surface area contributed by atoms with Gasteiger partial charge in [-0.2, -0.15) is 0 Å². The maximum atomic E-state index is 10.4. The van der Waals surface area contributed by atoms with E-state index >= 15 is 0 Å². The Morgan fingerprint density at radius 2 is 1.67 bits per heavy atom. The van der Waals surface area contributed by atoms with E-state index < -0.39 is 24.4 Å². The minimum absolute atomic E-state index is 0.202. The van der Waals surface area contributed by atoms with Crippen molar-refractivity contribution in [1.29, 1.82) is 0 Å². The maximum Gasteiger partial charge on any atom is 0.120 e. The molecule has 0 aromatic heterocycles. The number of hydrogen-bond donors (Lipinski definition) is 3. The molecule has 0 saturated carbocycles. The molecule has 156 valence electrons. The fourth-order valence-electron chi connectivity index (χ4n) is 3.84. The van der Waals surface area contributed by atoms with E-state index in [2.05, 4.69) is 18.2 Å². The van der Waals surface area contributed by atoms with Crippen LogP contribution in [0.2, 0.25) is 0 Å². The topological polar surface area (TPSA) is 79.2 Å². The second-order valence-corrected chi connectivity index (χ2v) is 7.54. The lowest BCUT2D eigenvalue weighted by Gasteiger charge is -2.36. The third kappa shape index (κ3) is 4.55. The molecule has 3 aromatic rings. The minimum Gasteiger partial charge on any atom is -0.489 e. The molecular weight excluding hydrogens is 380 g/mol. The van der Waals surface area contributed by atoms with E-state index in [0.29, 0.717) is 17.9 Å². The van der Waals surface area contributed by atoms with Gasteiger partial charge >= 0.3 is 0 Å². The Hall–Kier alpha value is -2.70. The SMILES string of the molecule is OCC1CC(O)C(O)[C@@H](c2cccc(OCc3ccccc3-c3ccccc3)c2)O1. The molecule has 30 heavy (non-hydrogen) atoms. The molecule has 3 aromatic carbocycles. The molecule has 1 heterocycles. The highest BCUT2D eigenvalue weighted by atomic mass is 16.5. The first-order valence-corrected chi connectivity index (χ1v) is 10.1. The molecular formula is C25H26O5. The van der Waals surface area contributed by atoms with Crippen LogP contribution in [0.3, 0.4) is 0 Å². The van der Waals surface area contributed by atoms with Crippen LogP contribution in [0, 0.1) is 0 Å². The lowest BCUT2D eigenvalue weighted by Crippen LogP contribution is -2.44. The van der Waals surface area contributed by atoms with Crippen LogP contribution in [0.1, 0.15) is 23.7 Å². The quantitative estimate of drug-likeness (QED) is 0.584. The molecule has 1 saturated heterocycles. The Morgan fingerprint density at radius 1 is 0.900 bits per heavy atom. The van der Waals surface area contributed by atoms with E-state index in [1.54, 1.807) is 0 Å². The standard InChI is InChI=1S/C25H26O5/c26-15-21-14-23(27)24(28)25(30-21)18-10-6-11-20(13-18)29-16-19-9-4-5-12-22(19)17-7-2-1-3-8-17/h1-13,21,23-28H,14-16H2/t21?,23?,24?,25-/m1/s1. The molecule has 0 spiro atoms. The summed E-state index contributed by atoms with van der Waals surface area (Å²) < 4.78 is 11.8. The van der Waals surface area contributed by atoms with Crippen LogP contribution in [-0.4, -0.2) is 40.2 Å². The van der Waals surface area contributed by atoms with Gasteiger partial charge in [0.2, 0.25) is 0 Å². The van der Waals surface area contributed by atoms with Gasteiger partial charge in [-0.3, -0.25) is 0 Å². The number of hydrogen-bond acceptors (Lipinski definition) is 5. The number of benzene rings is 3. The second kappa shape index (κ2) is 9.41. The van der Waals surface area contributed by atoms with Crippen molar-refractivity contribution in [2.75, 3.05) is 6.61 Å². The molecule has 3 N–H and O–H groups in total. The van der Waals surface area contributed by atoms with Gasteiger partial charge in [0.05, 0.1) is 18.8 Å².